The summed E-state index contributed by atoms with van der Waals surface area (Å²) >= 11 is 5.83. The molecule has 0 spiro atoms. The van der Waals surface area contributed by atoms with Crippen LogP contribution in [0.4, 0.5) is 5.69 Å². The Bertz CT molecular complexity index is 908. The van der Waals surface area contributed by atoms with Gasteiger partial charge >= 0.3 is 0 Å². The van der Waals surface area contributed by atoms with Crippen LogP contribution in [0.3, 0.4) is 0 Å². The summed E-state index contributed by atoms with van der Waals surface area (Å²) in [4.78, 5) is 12.8. The van der Waals surface area contributed by atoms with Gasteiger partial charge in [0.25, 0.3) is 0 Å². The van der Waals surface area contributed by atoms with Gasteiger partial charge in [0.1, 0.15) is 5.75 Å². The van der Waals surface area contributed by atoms with Crippen LogP contribution < -0.4 is 10.1 Å². The number of ether oxygens (including phenoxy) is 1. The molecule has 0 atom stereocenters. The van der Waals surface area contributed by atoms with E-state index in [1.165, 1.54) is 16.4 Å². The number of hydrogen-bond acceptors (Lipinski definition) is 4. The molecule has 0 aromatic heterocycles. The van der Waals surface area contributed by atoms with Gasteiger partial charge in [-0.2, -0.15) is 4.31 Å². The van der Waals surface area contributed by atoms with Crippen molar-refractivity contribution in [2.75, 3.05) is 25.5 Å². The van der Waals surface area contributed by atoms with Crippen molar-refractivity contribution < 1.29 is 17.9 Å². The summed E-state index contributed by atoms with van der Waals surface area (Å²) in [5.41, 5.74) is 0.612. The summed E-state index contributed by atoms with van der Waals surface area (Å²) in [7, 11) is -2.03. The van der Waals surface area contributed by atoms with Crippen molar-refractivity contribution in [2.24, 2.45) is 5.92 Å². The van der Waals surface area contributed by atoms with Gasteiger partial charge in [0.15, 0.2) is 0 Å². The normalized spacial score (nSPS) is 16.1. The van der Waals surface area contributed by atoms with Crippen molar-refractivity contribution >= 4 is 33.2 Å². The zero-order valence-electron chi connectivity index (χ0n) is 14.9. The maximum atomic E-state index is 12.7. The minimum atomic E-state index is -3.57. The van der Waals surface area contributed by atoms with E-state index in [1.807, 2.05) is 12.1 Å². The molecule has 1 aliphatic heterocycles. The largest absolute Gasteiger partial charge is 0.495 e. The summed E-state index contributed by atoms with van der Waals surface area (Å²) < 4.78 is 32.1. The third-order valence-electron chi connectivity index (χ3n) is 4.64. The van der Waals surface area contributed by atoms with Gasteiger partial charge in [0.05, 0.1) is 17.7 Å². The Morgan fingerprint density at radius 1 is 1.11 bits per heavy atom. The molecule has 0 bridgehead atoms. The molecule has 0 radical (unpaired) electrons. The average molecular weight is 409 g/mol. The Hall–Kier alpha value is -2.09. The van der Waals surface area contributed by atoms with Gasteiger partial charge in [-0.15, -0.1) is 0 Å². The third-order valence-corrected chi connectivity index (χ3v) is 6.81. The molecule has 27 heavy (non-hydrogen) atoms. The van der Waals surface area contributed by atoms with Crippen molar-refractivity contribution in [3.05, 3.63) is 53.6 Å². The Kier molecular flexibility index (Phi) is 6.04. The van der Waals surface area contributed by atoms with E-state index in [1.54, 1.807) is 31.4 Å². The predicted octanol–water partition coefficient (Wildman–Crippen LogP) is 3.39. The number of nitrogens with one attached hydrogen (secondary N) is 1. The average Bonchev–Trinajstić information content (AvgIpc) is 2.69. The molecule has 8 heteroatoms. The zero-order valence-corrected chi connectivity index (χ0v) is 16.5. The number of hydrogen-bond donors (Lipinski definition) is 1. The Balaban J connectivity index is 1.63. The molecule has 1 fully saturated rings. The lowest BCUT2D eigenvalue weighted by molar-refractivity contribution is -0.120. The fourth-order valence-electron chi connectivity index (χ4n) is 3.10. The minimum Gasteiger partial charge on any atom is -0.495 e. The second kappa shape index (κ2) is 8.29. The van der Waals surface area contributed by atoms with Crippen LogP contribution in [-0.2, 0) is 14.8 Å². The number of sulfonamides is 1. The summed E-state index contributed by atoms with van der Waals surface area (Å²) in [6.45, 7) is 0.601. The first kappa shape index (κ1) is 19.7. The van der Waals surface area contributed by atoms with Gasteiger partial charge in [-0.05, 0) is 49.2 Å². The van der Waals surface area contributed by atoms with E-state index in [2.05, 4.69) is 5.32 Å². The van der Waals surface area contributed by atoms with E-state index in [9.17, 15) is 13.2 Å². The minimum absolute atomic E-state index is 0.122. The van der Waals surface area contributed by atoms with Crippen LogP contribution >= 0.6 is 11.6 Å². The molecule has 0 unspecified atom stereocenters. The second-order valence-corrected chi connectivity index (χ2v) is 8.70. The SMILES string of the molecule is COc1ccccc1NC(=O)C1CCN(S(=O)(=O)c2ccc(Cl)cc2)CC1. The number of nitrogens with zero attached hydrogens (tertiary/aromatic N) is 1. The first-order chi connectivity index (χ1) is 12.9. The molecule has 1 amide bonds. The smallest absolute Gasteiger partial charge is 0.243 e. The first-order valence-electron chi connectivity index (χ1n) is 8.61. The van der Waals surface area contributed by atoms with Crippen LogP contribution in [-0.4, -0.2) is 38.8 Å². The van der Waals surface area contributed by atoms with Gasteiger partial charge in [-0.1, -0.05) is 23.7 Å². The van der Waals surface area contributed by atoms with Gasteiger partial charge in [0.2, 0.25) is 15.9 Å². The number of piperidine rings is 1. The number of carbonyl (C=O) groups is 1. The molecule has 2 aromatic rings. The molecule has 1 N–H and O–H groups in total. The lowest BCUT2D eigenvalue weighted by Gasteiger charge is -2.30. The lowest BCUT2D eigenvalue weighted by atomic mass is 9.97. The zero-order chi connectivity index (χ0) is 19.4. The van der Waals surface area contributed by atoms with E-state index < -0.39 is 10.0 Å². The number of rotatable bonds is 5. The molecule has 0 aliphatic carbocycles. The van der Waals surface area contributed by atoms with Crippen molar-refractivity contribution in [2.45, 2.75) is 17.7 Å². The standard InChI is InChI=1S/C19H21ClN2O4S/c1-26-18-5-3-2-4-17(18)21-19(23)14-10-12-22(13-11-14)27(24,25)16-8-6-15(20)7-9-16/h2-9,14H,10-13H2,1H3,(H,21,23). The maximum absolute atomic E-state index is 12.7. The molecular weight excluding hydrogens is 388 g/mol. The number of anilines is 1. The second-order valence-electron chi connectivity index (χ2n) is 6.32. The maximum Gasteiger partial charge on any atom is 0.243 e. The fraction of sp³-hybridized carbons (Fsp3) is 0.316. The summed E-state index contributed by atoms with van der Waals surface area (Å²) in [5.74, 6) is 0.225. The summed E-state index contributed by atoms with van der Waals surface area (Å²) in [6, 6.07) is 13.3. The Labute approximate surface area is 164 Å². The van der Waals surface area contributed by atoms with Crippen LogP contribution in [0.25, 0.3) is 0 Å². The Morgan fingerprint density at radius 2 is 1.74 bits per heavy atom. The highest BCUT2D eigenvalue weighted by Crippen LogP contribution is 2.28. The van der Waals surface area contributed by atoms with Crippen LogP contribution in [0.15, 0.2) is 53.4 Å². The van der Waals surface area contributed by atoms with Gasteiger partial charge < -0.3 is 10.1 Å². The van der Waals surface area contributed by atoms with Crippen LogP contribution in [0.5, 0.6) is 5.75 Å². The van der Waals surface area contributed by atoms with Crippen molar-refractivity contribution in [3.8, 4) is 5.75 Å². The molecule has 0 saturated carbocycles. The van der Waals surface area contributed by atoms with Gasteiger partial charge in [0, 0.05) is 24.0 Å². The quantitative estimate of drug-likeness (QED) is 0.822. The highest BCUT2D eigenvalue weighted by molar-refractivity contribution is 7.89. The lowest BCUT2D eigenvalue weighted by Crippen LogP contribution is -2.41. The van der Waals surface area contributed by atoms with Crippen molar-refractivity contribution in [1.82, 2.24) is 4.31 Å². The van der Waals surface area contributed by atoms with Crippen LogP contribution in [0.1, 0.15) is 12.8 Å². The van der Waals surface area contributed by atoms with E-state index in [0.29, 0.717) is 42.4 Å². The summed E-state index contributed by atoms with van der Waals surface area (Å²) in [6.07, 6.45) is 0.932. The molecular formula is C19H21ClN2O4S. The third kappa shape index (κ3) is 4.43. The van der Waals surface area contributed by atoms with Crippen molar-refractivity contribution in [3.63, 3.8) is 0 Å². The van der Waals surface area contributed by atoms with Gasteiger partial charge in [-0.3, -0.25) is 4.79 Å². The van der Waals surface area contributed by atoms with Crippen molar-refractivity contribution in [1.29, 1.82) is 0 Å². The molecule has 144 valence electrons. The molecule has 1 heterocycles. The molecule has 1 aliphatic rings. The van der Waals surface area contributed by atoms with Crippen LogP contribution in [0.2, 0.25) is 5.02 Å². The number of methoxy groups -OCH3 is 1. The summed E-state index contributed by atoms with van der Waals surface area (Å²) in [5, 5.41) is 3.36. The van der Waals surface area contributed by atoms with E-state index in [-0.39, 0.29) is 16.7 Å². The highest BCUT2D eigenvalue weighted by Gasteiger charge is 2.32. The number of para-hydroxylation sites is 2. The monoisotopic (exact) mass is 408 g/mol. The fourth-order valence-corrected chi connectivity index (χ4v) is 4.69. The predicted molar refractivity (Wildman–Crippen MR) is 105 cm³/mol. The molecule has 3 rings (SSSR count). The Morgan fingerprint density at radius 3 is 2.37 bits per heavy atom. The van der Waals surface area contributed by atoms with E-state index >= 15 is 0 Å². The first-order valence-corrected chi connectivity index (χ1v) is 10.4. The number of benzene rings is 2. The highest BCUT2D eigenvalue weighted by atomic mass is 35.5. The van der Waals surface area contributed by atoms with Crippen LogP contribution in [0, 0.1) is 5.92 Å². The number of carbonyl (C=O) groups excluding carboxylic acids is 1. The number of amides is 1. The van der Waals surface area contributed by atoms with Gasteiger partial charge in [-0.25, -0.2) is 8.42 Å². The number of halogens is 1. The molecule has 2 aromatic carbocycles. The molecule has 6 nitrogen and oxygen atoms in total. The van der Waals surface area contributed by atoms with E-state index in [4.69, 9.17) is 16.3 Å². The molecule has 1 saturated heterocycles. The van der Waals surface area contributed by atoms with E-state index in [0.717, 1.165) is 0 Å². The topological polar surface area (TPSA) is 75.7 Å².